The average molecular weight is 439 g/mol. The molecule has 0 spiro atoms. The van der Waals surface area contributed by atoms with Crippen LogP contribution in [0.5, 0.6) is 0 Å². The van der Waals surface area contributed by atoms with Crippen LogP contribution in [0.25, 0.3) is 0 Å². The van der Waals surface area contributed by atoms with E-state index in [0.717, 1.165) is 6.42 Å². The summed E-state index contributed by atoms with van der Waals surface area (Å²) < 4.78 is 21.3. The van der Waals surface area contributed by atoms with Crippen LogP contribution in [-0.4, -0.2) is 102 Å². The molecule has 1 unspecified atom stereocenters. The summed E-state index contributed by atoms with van der Waals surface area (Å²) in [5, 5.41) is 48.3. The number of rotatable bonds is 18. The summed E-state index contributed by atoms with van der Waals surface area (Å²) in [5.41, 5.74) is 0. The largest absolute Gasteiger partial charge is 0.394 e. The predicted molar refractivity (Wildman–Crippen MR) is 110 cm³/mol. The molecule has 0 aromatic rings. The van der Waals surface area contributed by atoms with E-state index in [1.165, 1.54) is 44.9 Å². The molecule has 0 radical (unpaired) electrons. The third kappa shape index (κ3) is 11.3. The summed E-state index contributed by atoms with van der Waals surface area (Å²) in [5.74, 6) is 0. The quantitative estimate of drug-likeness (QED) is 0.192. The van der Waals surface area contributed by atoms with Crippen molar-refractivity contribution >= 4 is 0 Å². The zero-order valence-electron chi connectivity index (χ0n) is 18.2. The monoisotopic (exact) mass is 438 g/mol. The lowest BCUT2D eigenvalue weighted by molar-refractivity contribution is -0.305. The Morgan fingerprint density at radius 2 is 1.40 bits per heavy atom. The van der Waals surface area contributed by atoms with Crippen LogP contribution in [0, 0.1) is 0 Å². The topological polar surface area (TPSA) is 138 Å². The smallest absolute Gasteiger partial charge is 0.186 e. The van der Waals surface area contributed by atoms with Crippen molar-refractivity contribution in [3.05, 3.63) is 0 Å². The average Bonchev–Trinajstić information content (AvgIpc) is 2.75. The Labute approximate surface area is 179 Å². The molecular weight excluding hydrogens is 396 g/mol. The predicted octanol–water partition coefficient (Wildman–Crippen LogP) is 0.338. The van der Waals surface area contributed by atoms with Crippen LogP contribution < -0.4 is 0 Å². The van der Waals surface area contributed by atoms with Gasteiger partial charge in [0.05, 0.1) is 33.0 Å². The van der Waals surface area contributed by atoms with Gasteiger partial charge in [0.2, 0.25) is 0 Å². The summed E-state index contributed by atoms with van der Waals surface area (Å²) in [4.78, 5) is 0. The van der Waals surface area contributed by atoms with E-state index >= 15 is 0 Å². The first-order valence-electron chi connectivity index (χ1n) is 11.3. The number of aliphatic hydroxyl groups is 5. The van der Waals surface area contributed by atoms with Gasteiger partial charge in [0.25, 0.3) is 0 Å². The minimum Gasteiger partial charge on any atom is -0.394 e. The van der Waals surface area contributed by atoms with E-state index in [0.29, 0.717) is 19.8 Å². The van der Waals surface area contributed by atoms with E-state index in [4.69, 9.17) is 24.1 Å². The maximum Gasteiger partial charge on any atom is 0.186 e. The molecule has 0 saturated carbocycles. The third-order valence-corrected chi connectivity index (χ3v) is 5.13. The normalized spacial score (nSPS) is 28.0. The molecule has 1 aliphatic heterocycles. The van der Waals surface area contributed by atoms with Gasteiger partial charge in [-0.2, -0.15) is 0 Å². The Hall–Kier alpha value is -0.360. The molecule has 1 aliphatic rings. The first-order chi connectivity index (χ1) is 14.5. The van der Waals surface area contributed by atoms with Crippen molar-refractivity contribution in [3.8, 4) is 0 Å². The van der Waals surface area contributed by atoms with Gasteiger partial charge in [-0.1, -0.05) is 51.9 Å². The molecule has 5 N–H and O–H groups in total. The molecule has 1 fully saturated rings. The van der Waals surface area contributed by atoms with Gasteiger partial charge in [-0.05, 0) is 6.42 Å². The fourth-order valence-electron chi connectivity index (χ4n) is 3.24. The van der Waals surface area contributed by atoms with Crippen molar-refractivity contribution in [2.75, 3.05) is 39.6 Å². The lowest BCUT2D eigenvalue weighted by Gasteiger charge is -2.39. The Kier molecular flexibility index (Phi) is 15.9. The van der Waals surface area contributed by atoms with E-state index in [2.05, 4.69) is 6.92 Å². The fraction of sp³-hybridized carbons (Fsp3) is 1.00. The summed E-state index contributed by atoms with van der Waals surface area (Å²) in [6.45, 7) is 3.04. The van der Waals surface area contributed by atoms with E-state index in [1.54, 1.807) is 0 Å². The molecular formula is C21H42O9. The highest BCUT2D eigenvalue weighted by atomic mass is 16.7. The van der Waals surface area contributed by atoms with Crippen LogP contribution in [0.15, 0.2) is 0 Å². The van der Waals surface area contributed by atoms with Crippen LogP contribution in [0.1, 0.15) is 58.3 Å². The third-order valence-electron chi connectivity index (χ3n) is 5.13. The summed E-state index contributed by atoms with van der Waals surface area (Å²) in [6.07, 6.45) is 2.36. The zero-order chi connectivity index (χ0) is 22.2. The molecule has 30 heavy (non-hydrogen) atoms. The highest BCUT2D eigenvalue weighted by Crippen LogP contribution is 2.22. The SMILES string of the molecule is CCCCCCCCCCOCCOCC(O)CO[C@H]1O[C@H](CO)[C@H](O)[C@H](O)[C@H]1O. The molecule has 1 saturated heterocycles. The molecule has 1 heterocycles. The van der Waals surface area contributed by atoms with Gasteiger partial charge in [-0.3, -0.25) is 0 Å². The molecule has 0 aromatic carbocycles. The Morgan fingerprint density at radius 1 is 0.767 bits per heavy atom. The molecule has 6 atom stereocenters. The summed E-state index contributed by atoms with van der Waals surface area (Å²) in [6, 6.07) is 0. The van der Waals surface area contributed by atoms with Crippen molar-refractivity contribution in [2.45, 2.75) is 95.1 Å². The fourth-order valence-corrected chi connectivity index (χ4v) is 3.24. The first kappa shape index (κ1) is 27.7. The van der Waals surface area contributed by atoms with Crippen molar-refractivity contribution in [1.82, 2.24) is 0 Å². The van der Waals surface area contributed by atoms with Crippen LogP contribution >= 0.6 is 0 Å². The Balaban J connectivity index is 1.97. The lowest BCUT2D eigenvalue weighted by Crippen LogP contribution is -2.59. The van der Waals surface area contributed by atoms with Crippen LogP contribution in [0.4, 0.5) is 0 Å². The van der Waals surface area contributed by atoms with Gasteiger partial charge in [-0.15, -0.1) is 0 Å². The van der Waals surface area contributed by atoms with Crippen molar-refractivity contribution in [3.63, 3.8) is 0 Å². The van der Waals surface area contributed by atoms with Crippen molar-refractivity contribution in [2.24, 2.45) is 0 Å². The van der Waals surface area contributed by atoms with E-state index < -0.39 is 43.4 Å². The van der Waals surface area contributed by atoms with Crippen LogP contribution in [-0.2, 0) is 18.9 Å². The van der Waals surface area contributed by atoms with Gasteiger partial charge in [0.1, 0.15) is 30.5 Å². The Bertz CT molecular complexity index is 397. The minimum absolute atomic E-state index is 0.0263. The zero-order valence-corrected chi connectivity index (χ0v) is 18.2. The standard InChI is InChI=1S/C21H42O9/c1-2-3-4-5-6-7-8-9-10-27-11-12-28-14-16(23)15-29-21-20(26)19(25)18(24)17(13-22)30-21/h16-26H,2-15H2,1H3/t16?,17-,18+,19+,20-,21+/m1/s1. The first-order valence-corrected chi connectivity index (χ1v) is 11.3. The highest BCUT2D eigenvalue weighted by Gasteiger charge is 2.44. The second-order valence-electron chi connectivity index (χ2n) is 7.85. The lowest BCUT2D eigenvalue weighted by atomic mass is 9.99. The molecule has 0 aromatic heterocycles. The second-order valence-corrected chi connectivity index (χ2v) is 7.85. The number of unbranched alkanes of at least 4 members (excludes halogenated alkanes) is 7. The van der Waals surface area contributed by atoms with Crippen molar-refractivity contribution in [1.29, 1.82) is 0 Å². The van der Waals surface area contributed by atoms with Gasteiger partial charge in [-0.25, -0.2) is 0 Å². The maximum atomic E-state index is 9.89. The van der Waals surface area contributed by atoms with E-state index in [9.17, 15) is 20.4 Å². The second kappa shape index (κ2) is 17.2. The number of aliphatic hydroxyl groups excluding tert-OH is 5. The van der Waals surface area contributed by atoms with Gasteiger partial charge in [0, 0.05) is 6.61 Å². The molecule has 9 heteroatoms. The molecule has 1 rings (SSSR count). The number of hydrogen-bond acceptors (Lipinski definition) is 9. The van der Waals surface area contributed by atoms with E-state index in [-0.39, 0.29) is 13.2 Å². The van der Waals surface area contributed by atoms with Crippen molar-refractivity contribution < 1.29 is 44.5 Å². The summed E-state index contributed by atoms with van der Waals surface area (Å²) in [7, 11) is 0. The minimum atomic E-state index is -1.51. The Morgan fingerprint density at radius 3 is 2.07 bits per heavy atom. The van der Waals surface area contributed by atoms with Gasteiger partial charge in [0.15, 0.2) is 6.29 Å². The molecule has 0 aliphatic carbocycles. The van der Waals surface area contributed by atoms with Crippen LogP contribution in [0.2, 0.25) is 0 Å². The van der Waals surface area contributed by atoms with Gasteiger partial charge < -0.3 is 44.5 Å². The molecule has 9 nitrogen and oxygen atoms in total. The maximum absolute atomic E-state index is 9.89. The number of hydrogen-bond donors (Lipinski definition) is 5. The number of ether oxygens (including phenoxy) is 4. The van der Waals surface area contributed by atoms with E-state index in [1.807, 2.05) is 0 Å². The molecule has 0 amide bonds. The van der Waals surface area contributed by atoms with Crippen LogP contribution in [0.3, 0.4) is 0 Å². The highest BCUT2D eigenvalue weighted by molar-refractivity contribution is 4.88. The molecule has 180 valence electrons. The summed E-state index contributed by atoms with van der Waals surface area (Å²) >= 11 is 0. The van der Waals surface area contributed by atoms with Gasteiger partial charge >= 0.3 is 0 Å². The molecule has 0 bridgehead atoms.